The van der Waals surface area contributed by atoms with Crippen molar-refractivity contribution >= 4 is 23.1 Å². The smallest absolute Gasteiger partial charge is 0.268 e. The van der Waals surface area contributed by atoms with E-state index in [9.17, 15) is 9.18 Å². The van der Waals surface area contributed by atoms with E-state index in [1.165, 1.54) is 23.5 Å². The van der Waals surface area contributed by atoms with Gasteiger partial charge in [0.2, 0.25) is 0 Å². The van der Waals surface area contributed by atoms with Crippen molar-refractivity contribution in [3.05, 3.63) is 52.4 Å². The number of benzene rings is 1. The summed E-state index contributed by atoms with van der Waals surface area (Å²) in [6.45, 7) is 7.97. The largest absolute Gasteiger partial charge is 0.304 e. The molecule has 130 valence electrons. The van der Waals surface area contributed by atoms with Crippen molar-refractivity contribution in [2.45, 2.75) is 33.1 Å². The average molecular weight is 358 g/mol. The summed E-state index contributed by atoms with van der Waals surface area (Å²) in [4.78, 5) is 17.5. The molecule has 0 aliphatic carbocycles. The Kier molecular flexibility index (Phi) is 4.43. The zero-order chi connectivity index (χ0) is 18.2. The van der Waals surface area contributed by atoms with Gasteiger partial charge in [0.1, 0.15) is 15.7 Å². The van der Waals surface area contributed by atoms with Crippen LogP contribution in [0, 0.1) is 12.7 Å². The van der Waals surface area contributed by atoms with Gasteiger partial charge >= 0.3 is 0 Å². The lowest BCUT2D eigenvalue weighted by Crippen LogP contribution is -2.12. The van der Waals surface area contributed by atoms with Crippen molar-refractivity contribution in [2.75, 3.05) is 5.32 Å². The Hall–Kier alpha value is -2.54. The van der Waals surface area contributed by atoms with Gasteiger partial charge < -0.3 is 5.32 Å². The van der Waals surface area contributed by atoms with E-state index in [2.05, 4.69) is 41.3 Å². The fourth-order valence-corrected chi connectivity index (χ4v) is 3.23. The van der Waals surface area contributed by atoms with E-state index in [0.717, 1.165) is 11.3 Å². The minimum atomic E-state index is -0.303. The van der Waals surface area contributed by atoms with Crippen molar-refractivity contribution in [1.82, 2.24) is 15.2 Å². The Morgan fingerprint density at radius 3 is 2.52 bits per heavy atom. The predicted molar refractivity (Wildman–Crippen MR) is 97.5 cm³/mol. The maximum absolute atomic E-state index is 13.1. The second kappa shape index (κ2) is 6.40. The van der Waals surface area contributed by atoms with Crippen LogP contribution in [0.5, 0.6) is 0 Å². The number of anilines is 1. The third-order valence-corrected chi connectivity index (χ3v) is 4.93. The topological polar surface area (TPSA) is 70.7 Å². The van der Waals surface area contributed by atoms with Crippen molar-refractivity contribution in [3.8, 4) is 10.6 Å². The zero-order valence-electron chi connectivity index (χ0n) is 14.5. The maximum atomic E-state index is 13.1. The molecule has 2 heterocycles. The number of aryl methyl sites for hydroxylation is 1. The van der Waals surface area contributed by atoms with Crippen LogP contribution in [-0.4, -0.2) is 21.1 Å². The summed E-state index contributed by atoms with van der Waals surface area (Å²) < 4.78 is 13.1. The Morgan fingerprint density at radius 1 is 1.24 bits per heavy atom. The van der Waals surface area contributed by atoms with Crippen LogP contribution in [-0.2, 0) is 5.41 Å². The highest BCUT2D eigenvalue weighted by Crippen LogP contribution is 2.29. The molecule has 5 nitrogen and oxygen atoms in total. The number of thiazole rings is 1. The second-order valence-electron chi connectivity index (χ2n) is 6.81. The van der Waals surface area contributed by atoms with E-state index < -0.39 is 0 Å². The highest BCUT2D eigenvalue weighted by atomic mass is 32.1. The van der Waals surface area contributed by atoms with E-state index in [4.69, 9.17) is 0 Å². The van der Waals surface area contributed by atoms with Gasteiger partial charge in [-0.15, -0.1) is 11.3 Å². The molecule has 0 unspecified atom stereocenters. The SMILES string of the molecule is Cc1nc(-c2ccc(F)cc2)sc1C(=O)Nc1cc(C(C)(C)C)[nH]n1. The van der Waals surface area contributed by atoms with Gasteiger partial charge in [-0.05, 0) is 31.2 Å². The number of hydrogen-bond acceptors (Lipinski definition) is 4. The third kappa shape index (κ3) is 3.76. The van der Waals surface area contributed by atoms with Gasteiger partial charge in [-0.1, -0.05) is 20.8 Å². The monoisotopic (exact) mass is 358 g/mol. The summed E-state index contributed by atoms with van der Waals surface area (Å²) in [5.74, 6) is -0.0791. The number of hydrogen-bond donors (Lipinski definition) is 2. The van der Waals surface area contributed by atoms with E-state index >= 15 is 0 Å². The molecule has 0 radical (unpaired) electrons. The van der Waals surface area contributed by atoms with Gasteiger partial charge in [0, 0.05) is 22.7 Å². The van der Waals surface area contributed by atoms with Gasteiger partial charge in [-0.25, -0.2) is 9.37 Å². The molecule has 7 heteroatoms. The molecular weight excluding hydrogens is 339 g/mol. The molecule has 25 heavy (non-hydrogen) atoms. The minimum Gasteiger partial charge on any atom is -0.304 e. The fourth-order valence-electron chi connectivity index (χ4n) is 2.27. The van der Waals surface area contributed by atoms with Crippen molar-refractivity contribution in [2.24, 2.45) is 0 Å². The van der Waals surface area contributed by atoms with Crippen molar-refractivity contribution in [1.29, 1.82) is 0 Å². The number of aromatic amines is 1. The van der Waals surface area contributed by atoms with Crippen LogP contribution in [0.25, 0.3) is 10.6 Å². The molecule has 0 fully saturated rings. The second-order valence-corrected chi connectivity index (χ2v) is 7.81. The summed E-state index contributed by atoms with van der Waals surface area (Å²) in [6.07, 6.45) is 0. The number of carbonyl (C=O) groups excluding carboxylic acids is 1. The van der Waals surface area contributed by atoms with E-state index in [1.54, 1.807) is 19.1 Å². The molecular formula is C18H19FN4OS. The Labute approximate surface area is 149 Å². The standard InChI is InChI=1S/C18H19FN4OS/c1-10-15(25-17(20-10)11-5-7-12(19)8-6-11)16(24)21-14-9-13(22-23-14)18(2,3)4/h5-9H,1-4H3,(H2,21,22,23,24). The molecule has 0 saturated carbocycles. The predicted octanol–water partition coefficient (Wildman–Crippen LogP) is 4.53. The van der Waals surface area contributed by atoms with Crippen LogP contribution in [0.1, 0.15) is 41.8 Å². The van der Waals surface area contributed by atoms with Crippen LogP contribution in [0.2, 0.25) is 0 Å². The highest BCUT2D eigenvalue weighted by molar-refractivity contribution is 7.17. The maximum Gasteiger partial charge on any atom is 0.268 e. The minimum absolute atomic E-state index is 0.0772. The highest BCUT2D eigenvalue weighted by Gasteiger charge is 2.20. The van der Waals surface area contributed by atoms with E-state index in [1.807, 2.05) is 6.07 Å². The van der Waals surface area contributed by atoms with Crippen LogP contribution in [0.15, 0.2) is 30.3 Å². The number of rotatable bonds is 3. The normalized spacial score (nSPS) is 11.6. The van der Waals surface area contributed by atoms with E-state index in [-0.39, 0.29) is 17.1 Å². The lowest BCUT2D eigenvalue weighted by Gasteiger charge is -2.14. The average Bonchev–Trinajstić information content (AvgIpc) is 3.14. The lowest BCUT2D eigenvalue weighted by atomic mass is 9.92. The molecule has 3 rings (SSSR count). The molecule has 2 N–H and O–H groups in total. The number of nitrogens with zero attached hydrogens (tertiary/aromatic N) is 2. The van der Waals surface area contributed by atoms with Gasteiger partial charge in [0.05, 0.1) is 5.69 Å². The number of nitrogens with one attached hydrogen (secondary N) is 2. The molecule has 0 spiro atoms. The molecule has 0 aliphatic heterocycles. The summed E-state index contributed by atoms with van der Waals surface area (Å²) in [5.41, 5.74) is 2.28. The summed E-state index contributed by atoms with van der Waals surface area (Å²) in [6, 6.07) is 7.89. The van der Waals surface area contributed by atoms with E-state index in [0.29, 0.717) is 21.4 Å². The summed E-state index contributed by atoms with van der Waals surface area (Å²) >= 11 is 1.27. The molecule has 0 saturated heterocycles. The van der Waals surface area contributed by atoms with Crippen LogP contribution in [0.4, 0.5) is 10.2 Å². The fraction of sp³-hybridized carbons (Fsp3) is 0.278. The quantitative estimate of drug-likeness (QED) is 0.722. The molecule has 2 aromatic heterocycles. The van der Waals surface area contributed by atoms with Gasteiger partial charge in [0.25, 0.3) is 5.91 Å². The zero-order valence-corrected chi connectivity index (χ0v) is 15.3. The molecule has 0 atom stereocenters. The Morgan fingerprint density at radius 2 is 1.92 bits per heavy atom. The molecule has 1 amide bonds. The first kappa shape index (κ1) is 17.3. The molecule has 1 aromatic carbocycles. The lowest BCUT2D eigenvalue weighted by molar-refractivity contribution is 0.102. The number of carbonyl (C=O) groups is 1. The third-order valence-electron chi connectivity index (χ3n) is 3.72. The summed E-state index contributed by atoms with van der Waals surface area (Å²) in [7, 11) is 0. The molecule has 3 aromatic rings. The van der Waals surface area contributed by atoms with Gasteiger partial charge in [-0.2, -0.15) is 5.10 Å². The number of H-pyrrole nitrogens is 1. The van der Waals surface area contributed by atoms with Crippen molar-refractivity contribution < 1.29 is 9.18 Å². The first-order valence-electron chi connectivity index (χ1n) is 7.84. The van der Waals surface area contributed by atoms with Crippen LogP contribution < -0.4 is 5.32 Å². The number of aromatic nitrogens is 3. The Bertz CT molecular complexity index is 906. The van der Waals surface area contributed by atoms with Crippen molar-refractivity contribution in [3.63, 3.8) is 0 Å². The molecule has 0 bridgehead atoms. The number of amides is 1. The first-order chi connectivity index (χ1) is 11.7. The number of halogens is 1. The van der Waals surface area contributed by atoms with Gasteiger partial charge in [0.15, 0.2) is 5.82 Å². The van der Waals surface area contributed by atoms with Crippen LogP contribution in [0.3, 0.4) is 0 Å². The summed E-state index contributed by atoms with van der Waals surface area (Å²) in [5, 5.41) is 10.6. The van der Waals surface area contributed by atoms with Crippen LogP contribution >= 0.6 is 11.3 Å². The first-order valence-corrected chi connectivity index (χ1v) is 8.66. The van der Waals surface area contributed by atoms with Gasteiger partial charge in [-0.3, -0.25) is 9.89 Å². The molecule has 0 aliphatic rings. The Balaban J connectivity index is 1.81.